The molecule has 0 bridgehead atoms. The highest BCUT2D eigenvalue weighted by Gasteiger charge is 1.94. The molecule has 1 aliphatic rings. The van der Waals surface area contributed by atoms with Crippen LogP contribution in [0.1, 0.15) is 20.3 Å². The average molecular weight is 133 g/mol. The van der Waals surface area contributed by atoms with E-state index in [1.54, 1.807) is 0 Å². The van der Waals surface area contributed by atoms with Crippen LogP contribution in [0, 0.1) is 17.8 Å². The minimum absolute atomic E-state index is 0.460. The van der Waals surface area contributed by atoms with Gasteiger partial charge in [-0.2, -0.15) is 0 Å². The second-order valence-corrected chi connectivity index (χ2v) is 2.61. The van der Waals surface area contributed by atoms with Gasteiger partial charge in [0.25, 0.3) is 0 Å². The Kier molecular flexibility index (Phi) is 2.28. The van der Waals surface area contributed by atoms with E-state index in [2.05, 4.69) is 30.7 Å². The zero-order valence-corrected chi connectivity index (χ0v) is 6.39. The van der Waals surface area contributed by atoms with Crippen LogP contribution in [0.15, 0.2) is 16.8 Å². The lowest BCUT2D eigenvalue weighted by Gasteiger charge is -1.87. The van der Waals surface area contributed by atoms with Crippen LogP contribution in [0.25, 0.3) is 0 Å². The van der Waals surface area contributed by atoms with Crippen LogP contribution < -0.4 is 0 Å². The standard InChI is InChI=1S/C9H11N/c1-8(2)3-4-9-5-6-10-7-9/h6-8H,5H2,1-2H3. The summed E-state index contributed by atoms with van der Waals surface area (Å²) >= 11 is 0. The van der Waals surface area contributed by atoms with Crippen LogP contribution in [-0.4, -0.2) is 6.21 Å². The number of nitrogens with zero attached hydrogens (tertiary/aromatic N) is 1. The Morgan fingerprint density at radius 1 is 1.60 bits per heavy atom. The van der Waals surface area contributed by atoms with Gasteiger partial charge in [0.2, 0.25) is 0 Å². The minimum atomic E-state index is 0.460. The fraction of sp³-hybridized carbons (Fsp3) is 0.444. The van der Waals surface area contributed by atoms with Gasteiger partial charge in [-0.25, -0.2) is 0 Å². The summed E-state index contributed by atoms with van der Waals surface area (Å²) in [6.45, 7) is 4.17. The third kappa shape index (κ3) is 2.06. The quantitative estimate of drug-likeness (QED) is 0.448. The topological polar surface area (TPSA) is 12.4 Å². The molecule has 0 unspecified atom stereocenters. The van der Waals surface area contributed by atoms with Crippen molar-refractivity contribution in [3.8, 4) is 11.8 Å². The summed E-state index contributed by atoms with van der Waals surface area (Å²) in [6, 6.07) is 0. The SMILES string of the molecule is CC(C)C#CC1=CN=CC1. The van der Waals surface area contributed by atoms with Gasteiger partial charge < -0.3 is 0 Å². The summed E-state index contributed by atoms with van der Waals surface area (Å²) in [5.41, 5.74) is 1.13. The van der Waals surface area contributed by atoms with Crippen molar-refractivity contribution < 1.29 is 0 Å². The fourth-order valence-electron chi connectivity index (χ4n) is 0.667. The van der Waals surface area contributed by atoms with Crippen molar-refractivity contribution in [3.63, 3.8) is 0 Å². The van der Waals surface area contributed by atoms with E-state index >= 15 is 0 Å². The number of hydrogen-bond donors (Lipinski definition) is 0. The molecule has 0 saturated carbocycles. The lowest BCUT2D eigenvalue weighted by Crippen LogP contribution is -1.79. The first-order valence-corrected chi connectivity index (χ1v) is 3.51. The summed E-state index contributed by atoms with van der Waals surface area (Å²) in [7, 11) is 0. The molecule has 0 spiro atoms. The highest BCUT2D eigenvalue weighted by Crippen LogP contribution is 2.04. The van der Waals surface area contributed by atoms with Crippen LogP contribution in [0.4, 0.5) is 0 Å². The molecule has 0 N–H and O–H groups in total. The smallest absolute Gasteiger partial charge is 0.0383 e. The third-order valence-corrected chi connectivity index (χ3v) is 1.17. The Morgan fingerprint density at radius 2 is 2.40 bits per heavy atom. The molecule has 0 radical (unpaired) electrons. The molecule has 0 saturated heterocycles. The van der Waals surface area contributed by atoms with Crippen molar-refractivity contribution in [2.45, 2.75) is 20.3 Å². The fourth-order valence-corrected chi connectivity index (χ4v) is 0.667. The molecule has 0 atom stereocenters. The third-order valence-electron chi connectivity index (χ3n) is 1.17. The van der Waals surface area contributed by atoms with E-state index in [-0.39, 0.29) is 0 Å². The van der Waals surface area contributed by atoms with Crippen molar-refractivity contribution >= 4 is 6.21 Å². The van der Waals surface area contributed by atoms with E-state index in [1.165, 1.54) is 0 Å². The van der Waals surface area contributed by atoms with Crippen LogP contribution in [-0.2, 0) is 0 Å². The van der Waals surface area contributed by atoms with Crippen LogP contribution in [0.5, 0.6) is 0 Å². The highest BCUT2D eigenvalue weighted by molar-refractivity contribution is 5.68. The normalized spacial score (nSPS) is 14.9. The van der Waals surface area contributed by atoms with Gasteiger partial charge in [-0.05, 0) is 0 Å². The van der Waals surface area contributed by atoms with E-state index < -0.39 is 0 Å². The van der Waals surface area contributed by atoms with Gasteiger partial charge in [0.05, 0.1) is 0 Å². The molecule has 52 valence electrons. The average Bonchev–Trinajstić information content (AvgIpc) is 2.34. The first kappa shape index (κ1) is 7.08. The Bertz CT molecular complexity index is 223. The van der Waals surface area contributed by atoms with Gasteiger partial charge >= 0.3 is 0 Å². The Balaban J connectivity index is 2.49. The van der Waals surface area contributed by atoms with E-state index in [9.17, 15) is 0 Å². The summed E-state index contributed by atoms with van der Waals surface area (Å²) in [5.74, 6) is 6.62. The second-order valence-electron chi connectivity index (χ2n) is 2.61. The summed E-state index contributed by atoms with van der Waals surface area (Å²) < 4.78 is 0. The zero-order valence-electron chi connectivity index (χ0n) is 6.39. The zero-order chi connectivity index (χ0) is 7.40. The largest absolute Gasteiger partial charge is 0.268 e. The van der Waals surface area contributed by atoms with Crippen LogP contribution in [0.2, 0.25) is 0 Å². The lowest BCUT2D eigenvalue weighted by atomic mass is 10.2. The van der Waals surface area contributed by atoms with Gasteiger partial charge in [-0.15, -0.1) is 0 Å². The molecule has 0 fully saturated rings. The first-order valence-electron chi connectivity index (χ1n) is 3.51. The monoisotopic (exact) mass is 133 g/mol. The second kappa shape index (κ2) is 3.22. The van der Waals surface area contributed by atoms with Gasteiger partial charge in [-0.3, -0.25) is 4.99 Å². The van der Waals surface area contributed by atoms with Crippen molar-refractivity contribution in [1.29, 1.82) is 0 Å². The van der Waals surface area contributed by atoms with E-state index in [1.807, 2.05) is 12.4 Å². The molecule has 0 amide bonds. The van der Waals surface area contributed by atoms with Gasteiger partial charge in [0.15, 0.2) is 0 Å². The van der Waals surface area contributed by atoms with Gasteiger partial charge in [-0.1, -0.05) is 25.7 Å². The number of allylic oxidation sites excluding steroid dienone is 1. The van der Waals surface area contributed by atoms with Gasteiger partial charge in [0.1, 0.15) is 0 Å². The Morgan fingerprint density at radius 3 is 2.90 bits per heavy atom. The number of rotatable bonds is 0. The first-order chi connectivity index (χ1) is 4.79. The molecule has 1 heterocycles. The molecule has 1 aliphatic heterocycles. The maximum Gasteiger partial charge on any atom is 0.0383 e. The van der Waals surface area contributed by atoms with Crippen molar-refractivity contribution in [2.75, 3.05) is 0 Å². The molecule has 0 aromatic heterocycles. The summed E-state index contributed by atoms with van der Waals surface area (Å²) in [5, 5.41) is 0. The maximum atomic E-state index is 3.95. The number of aliphatic imine (C=N–C) groups is 1. The van der Waals surface area contributed by atoms with E-state index in [0.29, 0.717) is 5.92 Å². The van der Waals surface area contributed by atoms with E-state index in [4.69, 9.17) is 0 Å². The predicted molar refractivity (Wildman–Crippen MR) is 43.8 cm³/mol. The number of hydrogen-bond acceptors (Lipinski definition) is 1. The minimum Gasteiger partial charge on any atom is -0.268 e. The van der Waals surface area contributed by atoms with Gasteiger partial charge in [0, 0.05) is 30.3 Å². The van der Waals surface area contributed by atoms with E-state index in [0.717, 1.165) is 12.0 Å². The molecule has 0 aromatic carbocycles. The molecule has 1 rings (SSSR count). The molecular weight excluding hydrogens is 122 g/mol. The Hall–Kier alpha value is -1.03. The molecule has 1 heteroatoms. The lowest BCUT2D eigenvalue weighted by molar-refractivity contribution is 0.866. The predicted octanol–water partition coefficient (Wildman–Crippen LogP) is 2.00. The molecule has 1 nitrogen and oxygen atoms in total. The molecular formula is C9H11N. The van der Waals surface area contributed by atoms with Crippen LogP contribution in [0.3, 0.4) is 0 Å². The molecule has 0 aliphatic carbocycles. The Labute approximate surface area is 61.9 Å². The van der Waals surface area contributed by atoms with Crippen molar-refractivity contribution in [3.05, 3.63) is 11.8 Å². The van der Waals surface area contributed by atoms with Crippen molar-refractivity contribution in [1.82, 2.24) is 0 Å². The summed E-state index contributed by atoms with van der Waals surface area (Å²) in [4.78, 5) is 3.95. The highest BCUT2D eigenvalue weighted by atomic mass is 14.7. The van der Waals surface area contributed by atoms with Crippen molar-refractivity contribution in [2.24, 2.45) is 10.9 Å². The molecule has 0 aromatic rings. The maximum absolute atomic E-state index is 3.95. The van der Waals surface area contributed by atoms with Crippen LogP contribution >= 0.6 is 0 Å². The molecule has 10 heavy (non-hydrogen) atoms. The summed E-state index contributed by atoms with van der Waals surface area (Å²) in [6.07, 6.45) is 4.62.